The first kappa shape index (κ1) is 63.1. The van der Waals surface area contributed by atoms with Crippen LogP contribution in [0.25, 0.3) is 21.7 Å². The maximum atomic E-state index is 4.60. The van der Waals surface area contributed by atoms with Crippen molar-refractivity contribution in [2.24, 2.45) is 0 Å². The topological polar surface area (TPSA) is 12.9 Å². The lowest BCUT2D eigenvalue weighted by Gasteiger charge is -2.05. The van der Waals surface area contributed by atoms with Crippen molar-refractivity contribution in [3.05, 3.63) is 54.2 Å². The predicted octanol–water partition coefficient (Wildman–Crippen LogP) is 12.1. The van der Waals surface area contributed by atoms with E-state index in [0.29, 0.717) is 0 Å². The van der Waals surface area contributed by atoms with Gasteiger partial charge in [0.2, 0.25) is 0 Å². The average Bonchev–Trinajstić information content (AvgIpc) is 2.52. The third-order valence-electron chi connectivity index (χ3n) is 2.80. The first-order chi connectivity index (χ1) is 9.36. The third-order valence-corrected chi connectivity index (χ3v) is 2.80. The molecule has 1 heteroatoms. The number of hydrogen-bond acceptors (Lipinski definition) is 1. The average molecular weight is 414 g/mol. The van der Waals surface area contributed by atoms with E-state index >= 15 is 0 Å². The van der Waals surface area contributed by atoms with Crippen molar-refractivity contribution < 1.29 is 0 Å². The molecule has 1 nitrogen and oxygen atoms in total. The second kappa shape index (κ2) is 33.7. The summed E-state index contributed by atoms with van der Waals surface area (Å²) >= 11 is 0. The van der Waals surface area contributed by atoms with Gasteiger partial charge in [0.15, 0.2) is 0 Å². The molecule has 180 valence electrons. The molecule has 0 atom stereocenters. The molecule has 0 bridgehead atoms. The number of fused-ring (bicyclic) bond motifs is 3. The van der Waals surface area contributed by atoms with Crippen LogP contribution in [0.1, 0.15) is 108 Å². The van der Waals surface area contributed by atoms with Gasteiger partial charge in [-0.1, -0.05) is 144 Å². The highest BCUT2D eigenvalue weighted by molar-refractivity contribution is 6.06. The zero-order valence-corrected chi connectivity index (χ0v) is 12.6. The Hall–Kier alpha value is -1.89. The monoisotopic (exact) mass is 413 g/mol. The largest absolute Gasteiger partial charge is 0.252 e. The minimum Gasteiger partial charge on any atom is -0.252 e. The minimum absolute atomic E-state index is 0. The molecule has 0 fully saturated rings. The van der Waals surface area contributed by atoms with Gasteiger partial charge in [-0.2, -0.15) is 0 Å². The zero-order chi connectivity index (χ0) is 14.3. The second-order valence-electron chi connectivity index (χ2n) is 3.76. The molecule has 0 aliphatic carbocycles. The Kier molecular flexibility index (Phi) is 73.3. The molecule has 0 saturated carbocycles. The molecule has 3 aromatic rings. The highest BCUT2D eigenvalue weighted by Gasteiger charge is 2.02. The van der Waals surface area contributed by atoms with Gasteiger partial charge in [0.05, 0.1) is 5.52 Å². The van der Waals surface area contributed by atoms with Gasteiger partial charge in [-0.25, -0.2) is 0 Å². The lowest BCUT2D eigenvalue weighted by Crippen LogP contribution is -1.86. The van der Waals surface area contributed by atoms with Crippen LogP contribution >= 0.6 is 0 Å². The summed E-state index contributed by atoms with van der Waals surface area (Å²) in [7, 11) is 0. The molecule has 0 spiro atoms. The minimum atomic E-state index is 0. The SMILES string of the molecule is C.C.C.C.C.C.C.C.C.C.CC.CC.Cc1nc2ccccc2c2ccccc12. The van der Waals surface area contributed by atoms with Crippen LogP contribution in [-0.2, 0) is 0 Å². The van der Waals surface area contributed by atoms with Crippen molar-refractivity contribution in [1.82, 2.24) is 4.98 Å². The standard InChI is InChI=1S/C14H11N.2C2H6.10CH4/c1-10-11-6-2-3-7-12(11)13-8-4-5-9-14(13)15-10;2*1-2;;;;;;;;;;/h2-9H,1H3;2*1-2H3;10*1H4. The molecule has 29 heavy (non-hydrogen) atoms. The van der Waals surface area contributed by atoms with Crippen molar-refractivity contribution in [2.75, 3.05) is 0 Å². The highest BCUT2D eigenvalue weighted by atomic mass is 14.7. The van der Waals surface area contributed by atoms with Gasteiger partial charge in [-0.05, 0) is 18.4 Å². The number of benzene rings is 2. The van der Waals surface area contributed by atoms with E-state index in [0.717, 1.165) is 11.2 Å². The fourth-order valence-electron chi connectivity index (χ4n) is 2.07. The lowest BCUT2D eigenvalue weighted by molar-refractivity contribution is 1.29. The van der Waals surface area contributed by atoms with E-state index in [2.05, 4.69) is 54.4 Å². The van der Waals surface area contributed by atoms with Crippen LogP contribution in [0.3, 0.4) is 0 Å². The number of para-hydroxylation sites is 1. The molecular formula is C28H63N. The quantitative estimate of drug-likeness (QED) is 0.334. The van der Waals surface area contributed by atoms with Crippen molar-refractivity contribution in [2.45, 2.75) is 109 Å². The summed E-state index contributed by atoms with van der Waals surface area (Å²) < 4.78 is 0. The smallest absolute Gasteiger partial charge is 0.0711 e. The van der Waals surface area contributed by atoms with Crippen LogP contribution in [-0.4, -0.2) is 4.98 Å². The molecular weight excluding hydrogens is 350 g/mol. The Bertz CT molecular complexity index is 642. The summed E-state index contributed by atoms with van der Waals surface area (Å²) in [5, 5.41) is 3.77. The van der Waals surface area contributed by atoms with Gasteiger partial charge >= 0.3 is 0 Å². The molecule has 0 saturated heterocycles. The molecule has 0 aliphatic rings. The van der Waals surface area contributed by atoms with Crippen LogP contribution in [0.4, 0.5) is 0 Å². The van der Waals surface area contributed by atoms with Crippen LogP contribution in [0.2, 0.25) is 0 Å². The fourth-order valence-corrected chi connectivity index (χ4v) is 2.07. The molecule has 1 heterocycles. The third kappa shape index (κ3) is 14.7. The molecule has 0 amide bonds. The van der Waals surface area contributed by atoms with Gasteiger partial charge in [0, 0.05) is 16.5 Å². The number of aromatic nitrogens is 1. The van der Waals surface area contributed by atoms with Gasteiger partial charge in [-0.3, -0.25) is 4.98 Å². The van der Waals surface area contributed by atoms with Crippen molar-refractivity contribution >= 4 is 21.7 Å². The number of pyridine rings is 1. The second-order valence-corrected chi connectivity index (χ2v) is 3.76. The molecule has 0 aliphatic heterocycles. The summed E-state index contributed by atoms with van der Waals surface area (Å²) in [5.74, 6) is 0. The summed E-state index contributed by atoms with van der Waals surface area (Å²) in [6.45, 7) is 10.1. The number of rotatable bonds is 0. The van der Waals surface area contributed by atoms with Crippen molar-refractivity contribution in [3.63, 3.8) is 0 Å². The Labute approximate surface area is 190 Å². The number of hydrogen-bond donors (Lipinski definition) is 0. The van der Waals surface area contributed by atoms with Crippen molar-refractivity contribution in [3.8, 4) is 0 Å². The fraction of sp³-hybridized carbons (Fsp3) is 0.536. The Morgan fingerprint density at radius 3 is 1.17 bits per heavy atom. The molecule has 0 radical (unpaired) electrons. The van der Waals surface area contributed by atoms with E-state index in [1.165, 1.54) is 16.2 Å². The van der Waals surface area contributed by atoms with Crippen molar-refractivity contribution in [1.29, 1.82) is 0 Å². The Morgan fingerprint density at radius 1 is 0.448 bits per heavy atom. The van der Waals surface area contributed by atoms with E-state index in [4.69, 9.17) is 0 Å². The molecule has 1 aromatic heterocycles. The first-order valence-corrected chi connectivity index (χ1v) is 7.10. The normalized spacial score (nSPS) is 6.10. The number of nitrogens with zero attached hydrogens (tertiary/aromatic N) is 1. The Balaban J connectivity index is -0.0000000306. The van der Waals surface area contributed by atoms with Gasteiger partial charge < -0.3 is 0 Å². The maximum Gasteiger partial charge on any atom is 0.0711 e. The van der Waals surface area contributed by atoms with Gasteiger partial charge in [0.25, 0.3) is 0 Å². The van der Waals surface area contributed by atoms with Crippen LogP contribution < -0.4 is 0 Å². The lowest BCUT2D eigenvalue weighted by atomic mass is 10.0. The summed E-state index contributed by atoms with van der Waals surface area (Å²) in [6, 6.07) is 16.7. The molecule has 3 rings (SSSR count). The molecule has 0 N–H and O–H groups in total. The summed E-state index contributed by atoms with van der Waals surface area (Å²) in [5.41, 5.74) is 2.18. The van der Waals surface area contributed by atoms with E-state index < -0.39 is 0 Å². The van der Waals surface area contributed by atoms with E-state index in [1.807, 2.05) is 33.8 Å². The number of aryl methyl sites for hydroxylation is 1. The molecule has 2 aromatic carbocycles. The predicted molar refractivity (Wildman–Crippen MR) is 154 cm³/mol. The summed E-state index contributed by atoms with van der Waals surface area (Å²) in [4.78, 5) is 4.60. The van der Waals surface area contributed by atoms with Crippen LogP contribution in [0.15, 0.2) is 48.5 Å². The maximum absolute atomic E-state index is 4.60. The van der Waals surface area contributed by atoms with Crippen LogP contribution in [0, 0.1) is 6.92 Å². The van der Waals surface area contributed by atoms with E-state index in [1.54, 1.807) is 0 Å². The highest BCUT2D eigenvalue weighted by Crippen LogP contribution is 2.25. The van der Waals surface area contributed by atoms with E-state index in [-0.39, 0.29) is 74.3 Å². The molecule has 0 unspecified atom stereocenters. The Morgan fingerprint density at radius 2 is 0.759 bits per heavy atom. The first-order valence-electron chi connectivity index (χ1n) is 7.10. The van der Waals surface area contributed by atoms with E-state index in [9.17, 15) is 0 Å². The summed E-state index contributed by atoms with van der Waals surface area (Å²) in [6.07, 6.45) is 0. The van der Waals surface area contributed by atoms with Gasteiger partial charge in [0.1, 0.15) is 0 Å². The van der Waals surface area contributed by atoms with Gasteiger partial charge in [-0.15, -0.1) is 0 Å². The zero-order valence-electron chi connectivity index (χ0n) is 12.6. The van der Waals surface area contributed by atoms with Crippen LogP contribution in [0.5, 0.6) is 0 Å².